The lowest BCUT2D eigenvalue weighted by molar-refractivity contribution is 0.578. The van der Waals surface area contributed by atoms with Crippen molar-refractivity contribution in [1.82, 2.24) is 20.0 Å². The molecule has 4 aromatic rings. The fourth-order valence-electron chi connectivity index (χ4n) is 3.12. The Bertz CT molecular complexity index is 1270. The first-order chi connectivity index (χ1) is 14.7. The minimum atomic E-state index is -0.0964. The molecule has 0 bridgehead atoms. The monoisotopic (exact) mass is 532 g/mol. The molecular formula is C23H19BrCl2N4S. The van der Waals surface area contributed by atoms with Crippen LogP contribution in [0.2, 0.25) is 10.0 Å². The van der Waals surface area contributed by atoms with E-state index in [0.29, 0.717) is 15.7 Å². The summed E-state index contributed by atoms with van der Waals surface area (Å²) in [7, 11) is 0. The average Bonchev–Trinajstić information content (AvgIpc) is 3.33. The van der Waals surface area contributed by atoms with Gasteiger partial charge in [-0.3, -0.25) is 0 Å². The fraction of sp³-hybridized carbons (Fsp3) is 0.174. The molecule has 0 spiro atoms. The molecule has 4 rings (SSSR count). The molecule has 0 fully saturated rings. The van der Waals surface area contributed by atoms with E-state index in [2.05, 4.69) is 53.5 Å². The Morgan fingerprint density at radius 3 is 2.35 bits per heavy atom. The molecule has 2 aromatic carbocycles. The van der Waals surface area contributed by atoms with Crippen LogP contribution in [-0.4, -0.2) is 20.0 Å². The summed E-state index contributed by atoms with van der Waals surface area (Å²) in [5.41, 5.74) is 4.05. The van der Waals surface area contributed by atoms with Crippen molar-refractivity contribution in [2.75, 3.05) is 0 Å². The second kappa shape index (κ2) is 8.51. The van der Waals surface area contributed by atoms with E-state index >= 15 is 0 Å². The van der Waals surface area contributed by atoms with Crippen molar-refractivity contribution in [3.63, 3.8) is 0 Å². The Morgan fingerprint density at radius 1 is 1.06 bits per heavy atom. The standard InChI is InChI=1S/C23H19BrCl2N4S/c1-5-16-19(21-27-28-22(31-21)23(2,3)4)29-30(18-11-10-15(25)12-17(18)26)20(16)13-6-8-14(24)9-7-13/h5-12H,1H2,2-4H3. The zero-order chi connectivity index (χ0) is 22.3. The maximum atomic E-state index is 6.56. The molecule has 0 amide bonds. The SMILES string of the molecule is C=Cc1c(-c2nnc(C(C)(C)C)s2)nn(-c2ccc(Cl)cc2Cl)c1-c1ccc(Br)cc1. The van der Waals surface area contributed by atoms with Crippen LogP contribution in [0.25, 0.3) is 33.7 Å². The number of hydrogen-bond donors (Lipinski definition) is 0. The molecule has 0 saturated heterocycles. The van der Waals surface area contributed by atoms with Gasteiger partial charge in [-0.25, -0.2) is 4.68 Å². The molecule has 0 aliphatic heterocycles. The summed E-state index contributed by atoms with van der Waals surface area (Å²) in [6.45, 7) is 10.4. The van der Waals surface area contributed by atoms with Crippen molar-refractivity contribution >= 4 is 56.5 Å². The maximum absolute atomic E-state index is 6.56. The second-order valence-corrected chi connectivity index (χ2v) is 10.7. The topological polar surface area (TPSA) is 43.6 Å². The van der Waals surface area contributed by atoms with Gasteiger partial charge < -0.3 is 0 Å². The fourth-order valence-corrected chi connectivity index (χ4v) is 4.77. The minimum absolute atomic E-state index is 0.0964. The van der Waals surface area contributed by atoms with Gasteiger partial charge in [-0.2, -0.15) is 5.10 Å². The van der Waals surface area contributed by atoms with E-state index in [4.69, 9.17) is 28.3 Å². The molecule has 0 saturated carbocycles. The number of rotatable bonds is 4. The van der Waals surface area contributed by atoms with E-state index in [1.807, 2.05) is 35.0 Å². The quantitative estimate of drug-likeness (QED) is 0.266. The van der Waals surface area contributed by atoms with Crippen LogP contribution in [0, 0.1) is 0 Å². The number of nitrogens with zero attached hydrogens (tertiary/aromatic N) is 4. The summed E-state index contributed by atoms with van der Waals surface area (Å²) in [4.78, 5) is 0. The summed E-state index contributed by atoms with van der Waals surface area (Å²) >= 11 is 17.7. The number of benzene rings is 2. The first-order valence-electron chi connectivity index (χ1n) is 9.50. The second-order valence-electron chi connectivity index (χ2n) is 7.99. The molecule has 0 aliphatic rings. The lowest BCUT2D eigenvalue weighted by Crippen LogP contribution is -2.10. The number of hydrogen-bond acceptors (Lipinski definition) is 4. The van der Waals surface area contributed by atoms with Gasteiger partial charge in [-0.1, -0.05) is 96.0 Å². The number of aromatic nitrogens is 4. The Morgan fingerprint density at radius 2 is 1.77 bits per heavy atom. The molecule has 2 aromatic heterocycles. The smallest absolute Gasteiger partial charge is 0.168 e. The van der Waals surface area contributed by atoms with E-state index in [9.17, 15) is 0 Å². The van der Waals surface area contributed by atoms with Crippen molar-refractivity contribution in [2.24, 2.45) is 0 Å². The molecule has 0 N–H and O–H groups in total. The van der Waals surface area contributed by atoms with Crippen LogP contribution in [0.15, 0.2) is 53.5 Å². The van der Waals surface area contributed by atoms with Gasteiger partial charge in [0.2, 0.25) is 0 Å². The molecule has 0 unspecified atom stereocenters. The average molecular weight is 534 g/mol. The van der Waals surface area contributed by atoms with Crippen molar-refractivity contribution in [2.45, 2.75) is 26.2 Å². The third kappa shape index (κ3) is 4.35. The molecule has 2 heterocycles. The van der Waals surface area contributed by atoms with Crippen molar-refractivity contribution in [3.8, 4) is 27.6 Å². The van der Waals surface area contributed by atoms with Crippen LogP contribution in [0.5, 0.6) is 0 Å². The van der Waals surface area contributed by atoms with E-state index in [1.54, 1.807) is 18.2 Å². The first kappa shape index (κ1) is 22.2. The predicted molar refractivity (Wildman–Crippen MR) is 134 cm³/mol. The van der Waals surface area contributed by atoms with E-state index < -0.39 is 0 Å². The normalized spacial score (nSPS) is 11.7. The van der Waals surface area contributed by atoms with Crippen LogP contribution in [0.3, 0.4) is 0 Å². The van der Waals surface area contributed by atoms with Gasteiger partial charge in [0.1, 0.15) is 10.7 Å². The van der Waals surface area contributed by atoms with Gasteiger partial charge in [0.15, 0.2) is 5.01 Å². The highest BCUT2D eigenvalue weighted by molar-refractivity contribution is 9.10. The van der Waals surface area contributed by atoms with Gasteiger partial charge in [-0.15, -0.1) is 10.2 Å². The molecule has 31 heavy (non-hydrogen) atoms. The largest absolute Gasteiger partial charge is 0.230 e. The van der Waals surface area contributed by atoms with Gasteiger partial charge in [-0.05, 0) is 30.3 Å². The molecule has 4 nitrogen and oxygen atoms in total. The van der Waals surface area contributed by atoms with E-state index in [1.165, 1.54) is 11.3 Å². The van der Waals surface area contributed by atoms with Crippen LogP contribution in [-0.2, 0) is 5.41 Å². The van der Waals surface area contributed by atoms with Crippen LogP contribution in [0.4, 0.5) is 0 Å². The van der Waals surface area contributed by atoms with Gasteiger partial charge in [0.05, 0.1) is 16.4 Å². The molecule has 0 radical (unpaired) electrons. The molecule has 0 atom stereocenters. The Kier molecular flexibility index (Phi) is 6.10. The number of halogens is 3. The third-order valence-corrected chi connectivity index (χ3v) is 7.07. The lowest BCUT2D eigenvalue weighted by Gasteiger charge is -2.12. The van der Waals surface area contributed by atoms with Crippen LogP contribution in [0.1, 0.15) is 31.3 Å². The summed E-state index contributed by atoms with van der Waals surface area (Å²) in [5.74, 6) is 0. The van der Waals surface area contributed by atoms with Crippen LogP contribution >= 0.6 is 50.5 Å². The van der Waals surface area contributed by atoms with Gasteiger partial charge in [0, 0.05) is 26.0 Å². The molecule has 0 aliphatic carbocycles. The highest BCUT2D eigenvalue weighted by Gasteiger charge is 2.26. The lowest BCUT2D eigenvalue weighted by atomic mass is 9.98. The Hall–Kier alpha value is -1.99. The highest BCUT2D eigenvalue weighted by Crippen LogP contribution is 2.39. The van der Waals surface area contributed by atoms with E-state index in [0.717, 1.165) is 37.0 Å². The minimum Gasteiger partial charge on any atom is -0.230 e. The summed E-state index contributed by atoms with van der Waals surface area (Å²) in [6, 6.07) is 13.4. The zero-order valence-electron chi connectivity index (χ0n) is 17.2. The third-order valence-electron chi connectivity index (χ3n) is 4.65. The van der Waals surface area contributed by atoms with Crippen molar-refractivity contribution < 1.29 is 0 Å². The first-order valence-corrected chi connectivity index (χ1v) is 11.9. The van der Waals surface area contributed by atoms with Crippen molar-refractivity contribution in [3.05, 3.63) is 74.1 Å². The highest BCUT2D eigenvalue weighted by atomic mass is 79.9. The van der Waals surface area contributed by atoms with Gasteiger partial charge in [0.25, 0.3) is 0 Å². The molecule has 158 valence electrons. The molecule has 8 heteroatoms. The predicted octanol–water partition coefficient (Wildman–Crippen LogP) is 8.07. The summed E-state index contributed by atoms with van der Waals surface area (Å²) in [5, 5.41) is 16.5. The Balaban J connectivity index is 2.00. The molecular weight excluding hydrogens is 515 g/mol. The summed E-state index contributed by atoms with van der Waals surface area (Å²) < 4.78 is 2.82. The van der Waals surface area contributed by atoms with Gasteiger partial charge >= 0.3 is 0 Å². The van der Waals surface area contributed by atoms with E-state index in [-0.39, 0.29) is 5.41 Å². The summed E-state index contributed by atoms with van der Waals surface area (Å²) in [6.07, 6.45) is 1.80. The zero-order valence-corrected chi connectivity index (χ0v) is 21.1. The Labute approximate surface area is 203 Å². The van der Waals surface area contributed by atoms with Crippen molar-refractivity contribution in [1.29, 1.82) is 0 Å². The maximum Gasteiger partial charge on any atom is 0.168 e. The van der Waals surface area contributed by atoms with Crippen LogP contribution < -0.4 is 0 Å².